The maximum absolute atomic E-state index is 13.4. The second-order valence-electron chi connectivity index (χ2n) is 4.68. The van der Waals surface area contributed by atoms with Gasteiger partial charge in [-0.3, -0.25) is 9.59 Å². The predicted octanol–water partition coefficient (Wildman–Crippen LogP) is 3.15. The van der Waals surface area contributed by atoms with Gasteiger partial charge in [0.1, 0.15) is 17.8 Å². The van der Waals surface area contributed by atoms with Gasteiger partial charge in [0.05, 0.1) is 5.69 Å². The van der Waals surface area contributed by atoms with Crippen molar-refractivity contribution in [3.63, 3.8) is 0 Å². The highest BCUT2D eigenvalue weighted by Crippen LogP contribution is 2.14. The molecule has 0 heterocycles. The van der Waals surface area contributed by atoms with Crippen molar-refractivity contribution in [3.8, 4) is 0 Å². The van der Waals surface area contributed by atoms with E-state index in [2.05, 4.69) is 38.4 Å². The highest BCUT2D eigenvalue weighted by atomic mass is 127. The minimum absolute atomic E-state index is 0.200. The zero-order valence-electron chi connectivity index (χ0n) is 12.6. The lowest BCUT2D eigenvalue weighted by molar-refractivity contribution is -0.120. The number of carbonyl (C=O) groups excluding carboxylic acids is 2. The van der Waals surface area contributed by atoms with Crippen LogP contribution in [0.2, 0.25) is 0 Å². The van der Waals surface area contributed by atoms with Crippen molar-refractivity contribution < 1.29 is 23.2 Å². The number of hydrogen-bond acceptors (Lipinski definition) is 4. The second-order valence-corrected chi connectivity index (χ2v) is 5.92. The van der Waals surface area contributed by atoms with Crippen molar-refractivity contribution in [2.24, 2.45) is 5.16 Å². The lowest BCUT2D eigenvalue weighted by Gasteiger charge is -2.04. The maximum Gasteiger partial charge on any atom is 0.270 e. The molecule has 0 aliphatic heterocycles. The van der Waals surface area contributed by atoms with E-state index in [4.69, 9.17) is 4.84 Å². The Hall–Kier alpha value is -2.56. The Morgan fingerprint density at radius 1 is 1.12 bits per heavy atom. The number of hydrogen-bond donors (Lipinski definition) is 2. The molecule has 0 bridgehead atoms. The van der Waals surface area contributed by atoms with E-state index in [1.807, 2.05) is 12.1 Å². The predicted molar refractivity (Wildman–Crippen MR) is 97.2 cm³/mol. The highest BCUT2D eigenvalue weighted by Gasteiger charge is 2.07. The van der Waals surface area contributed by atoms with E-state index in [-0.39, 0.29) is 5.69 Å². The van der Waals surface area contributed by atoms with E-state index in [0.29, 0.717) is 11.8 Å². The van der Waals surface area contributed by atoms with Crippen LogP contribution in [0, 0.1) is 15.2 Å². The summed E-state index contributed by atoms with van der Waals surface area (Å²) in [5, 5.41) is 8.06. The number of anilines is 2. The highest BCUT2D eigenvalue weighted by molar-refractivity contribution is 14.1. The van der Waals surface area contributed by atoms with Crippen LogP contribution in [0.1, 0.15) is 0 Å². The third kappa shape index (κ3) is 6.45. The van der Waals surface area contributed by atoms with Gasteiger partial charge >= 0.3 is 0 Å². The van der Waals surface area contributed by atoms with Crippen molar-refractivity contribution in [1.82, 2.24) is 0 Å². The first-order valence-electron chi connectivity index (χ1n) is 6.91. The van der Waals surface area contributed by atoms with Crippen LogP contribution in [0.4, 0.5) is 20.2 Å². The summed E-state index contributed by atoms with van der Waals surface area (Å²) >= 11 is 2.14. The number of oxime groups is 1. The molecule has 2 amide bonds. The van der Waals surface area contributed by atoms with Crippen molar-refractivity contribution in [2.45, 2.75) is 0 Å². The van der Waals surface area contributed by atoms with Gasteiger partial charge in [-0.25, -0.2) is 8.78 Å². The van der Waals surface area contributed by atoms with Crippen LogP contribution in [0.3, 0.4) is 0 Å². The molecule has 9 heteroatoms. The van der Waals surface area contributed by atoms with Gasteiger partial charge in [0.15, 0.2) is 6.61 Å². The van der Waals surface area contributed by atoms with Gasteiger partial charge < -0.3 is 15.5 Å². The molecular weight excluding hydrogens is 447 g/mol. The normalized spacial score (nSPS) is 10.5. The first kappa shape index (κ1) is 18.8. The first-order chi connectivity index (χ1) is 11.9. The molecule has 2 rings (SSSR count). The van der Waals surface area contributed by atoms with Crippen LogP contribution in [0.15, 0.2) is 47.6 Å². The topological polar surface area (TPSA) is 79.8 Å². The Morgan fingerprint density at radius 3 is 2.52 bits per heavy atom. The van der Waals surface area contributed by atoms with Gasteiger partial charge in [-0.1, -0.05) is 5.16 Å². The molecule has 6 nitrogen and oxygen atoms in total. The molecule has 0 radical (unpaired) electrons. The molecule has 0 spiro atoms. The summed E-state index contributed by atoms with van der Waals surface area (Å²) < 4.78 is 27.1. The molecule has 0 fully saturated rings. The fraction of sp³-hybridized carbons (Fsp3) is 0.0625. The Balaban J connectivity index is 1.75. The monoisotopic (exact) mass is 459 g/mol. The molecule has 0 aromatic heterocycles. The number of nitrogens with zero attached hydrogens (tertiary/aromatic N) is 1. The quantitative estimate of drug-likeness (QED) is 0.396. The van der Waals surface area contributed by atoms with Crippen molar-refractivity contribution >= 4 is 52.0 Å². The lowest BCUT2D eigenvalue weighted by atomic mass is 10.3. The lowest BCUT2D eigenvalue weighted by Crippen LogP contribution is -2.18. The van der Waals surface area contributed by atoms with E-state index in [0.717, 1.165) is 21.9 Å². The Labute approximate surface area is 155 Å². The van der Waals surface area contributed by atoms with Crippen LogP contribution in [-0.4, -0.2) is 24.6 Å². The molecular formula is C16H12F2IN3O3. The van der Waals surface area contributed by atoms with Crippen LogP contribution in [0.25, 0.3) is 0 Å². The second kappa shape index (κ2) is 9.06. The number of benzene rings is 2. The number of rotatable bonds is 6. The van der Waals surface area contributed by atoms with Crippen molar-refractivity contribution in [1.29, 1.82) is 0 Å². The Morgan fingerprint density at radius 2 is 1.84 bits per heavy atom. The molecule has 0 saturated heterocycles. The van der Waals surface area contributed by atoms with Gasteiger partial charge in [-0.2, -0.15) is 0 Å². The maximum atomic E-state index is 13.4. The van der Waals surface area contributed by atoms with E-state index < -0.39 is 30.1 Å². The SMILES string of the molecule is O=C(/C=N/OCC(=O)Nc1ccc(I)cc1)Nc1ccc(F)cc1F. The summed E-state index contributed by atoms with van der Waals surface area (Å²) in [6.07, 6.45) is 0.737. The van der Waals surface area contributed by atoms with Gasteiger partial charge in [-0.15, -0.1) is 0 Å². The molecule has 0 unspecified atom stereocenters. The molecule has 0 saturated carbocycles. The minimum Gasteiger partial charge on any atom is -0.385 e. The average molecular weight is 459 g/mol. The number of amides is 2. The van der Waals surface area contributed by atoms with Crippen LogP contribution in [0.5, 0.6) is 0 Å². The van der Waals surface area contributed by atoms with Crippen molar-refractivity contribution in [3.05, 3.63) is 57.7 Å². The molecule has 2 aromatic carbocycles. The molecule has 0 aliphatic rings. The Bertz CT molecular complexity index is 798. The molecule has 2 aromatic rings. The van der Waals surface area contributed by atoms with Crippen LogP contribution < -0.4 is 10.6 Å². The van der Waals surface area contributed by atoms with E-state index in [1.54, 1.807) is 12.1 Å². The smallest absolute Gasteiger partial charge is 0.270 e. The van der Waals surface area contributed by atoms with Gasteiger partial charge in [0.2, 0.25) is 0 Å². The fourth-order valence-electron chi connectivity index (χ4n) is 1.67. The number of nitrogens with one attached hydrogen (secondary N) is 2. The number of carbonyl (C=O) groups is 2. The fourth-order valence-corrected chi connectivity index (χ4v) is 2.03. The standard InChI is InChI=1S/C16H12F2IN3O3/c17-10-1-6-14(13(18)7-10)22-15(23)8-20-25-9-16(24)21-12-4-2-11(19)3-5-12/h1-8H,9H2,(H,21,24)(H,22,23)/b20-8+. The summed E-state index contributed by atoms with van der Waals surface area (Å²) in [6.45, 7) is -0.402. The third-order valence-electron chi connectivity index (χ3n) is 2.76. The Kier molecular flexibility index (Phi) is 6.81. The first-order valence-corrected chi connectivity index (χ1v) is 7.99. The van der Waals surface area contributed by atoms with Crippen molar-refractivity contribution in [2.75, 3.05) is 17.2 Å². The van der Waals surface area contributed by atoms with E-state index in [9.17, 15) is 18.4 Å². The average Bonchev–Trinajstić information content (AvgIpc) is 2.56. The largest absolute Gasteiger partial charge is 0.385 e. The molecule has 2 N–H and O–H groups in total. The zero-order valence-corrected chi connectivity index (χ0v) is 14.8. The number of halogens is 3. The van der Waals surface area contributed by atoms with Gasteiger partial charge in [0, 0.05) is 15.3 Å². The summed E-state index contributed by atoms with van der Waals surface area (Å²) in [7, 11) is 0. The summed E-state index contributed by atoms with van der Waals surface area (Å²) in [5.74, 6) is -2.92. The van der Waals surface area contributed by atoms with E-state index >= 15 is 0 Å². The van der Waals surface area contributed by atoms with E-state index in [1.165, 1.54) is 0 Å². The van der Waals surface area contributed by atoms with Crippen LogP contribution >= 0.6 is 22.6 Å². The molecule has 0 aliphatic carbocycles. The van der Waals surface area contributed by atoms with Gasteiger partial charge in [-0.05, 0) is 59.0 Å². The molecule has 130 valence electrons. The zero-order chi connectivity index (χ0) is 18.2. The third-order valence-corrected chi connectivity index (χ3v) is 3.48. The van der Waals surface area contributed by atoms with Gasteiger partial charge in [0.25, 0.3) is 11.8 Å². The molecule has 0 atom stereocenters. The molecule has 25 heavy (non-hydrogen) atoms. The summed E-state index contributed by atoms with van der Waals surface area (Å²) in [4.78, 5) is 27.8. The summed E-state index contributed by atoms with van der Waals surface area (Å²) in [6, 6.07) is 9.83. The summed E-state index contributed by atoms with van der Waals surface area (Å²) in [5.41, 5.74) is 0.400. The van der Waals surface area contributed by atoms with Crippen LogP contribution in [-0.2, 0) is 14.4 Å². The minimum atomic E-state index is -0.917.